The summed E-state index contributed by atoms with van der Waals surface area (Å²) in [4.78, 5) is 48.4. The van der Waals surface area contributed by atoms with Gasteiger partial charge >= 0.3 is 0 Å². The number of amides is 1. The maximum Gasteiger partial charge on any atom is 0.291 e. The number of ketones is 2. The molecule has 2 unspecified atom stereocenters. The number of aryl methyl sites for hydroxylation is 1. The second kappa shape index (κ2) is 8.88. The van der Waals surface area contributed by atoms with E-state index in [1.165, 1.54) is 6.20 Å². The van der Waals surface area contributed by atoms with E-state index in [0.717, 1.165) is 27.6 Å². The molecule has 170 valence electrons. The Morgan fingerprint density at radius 2 is 1.91 bits per heavy atom. The molecule has 6 nitrogen and oxygen atoms in total. The van der Waals surface area contributed by atoms with E-state index in [2.05, 4.69) is 9.97 Å². The molecule has 0 spiro atoms. The molecule has 0 bridgehead atoms. The summed E-state index contributed by atoms with van der Waals surface area (Å²) in [5, 5.41) is 1.65. The van der Waals surface area contributed by atoms with Gasteiger partial charge in [0.1, 0.15) is 5.92 Å². The Kier molecular flexibility index (Phi) is 5.75. The Labute approximate surface area is 201 Å². The topological polar surface area (TPSA) is 83.1 Å². The number of hydrogen-bond donors (Lipinski definition) is 1. The lowest BCUT2D eigenvalue weighted by Crippen LogP contribution is -2.32. The second-order valence-electron chi connectivity index (χ2n) is 8.56. The molecule has 4 aromatic rings. The SMILES string of the molecule is Cc1ccc(C2C(C(=O)c3cccnc3)C(=O)C(=O)N2CCc2c[nH]c3cc(Cl)ccc23)cc1. The fourth-order valence-corrected chi connectivity index (χ4v) is 4.83. The number of nitrogens with one attached hydrogen (secondary N) is 1. The molecule has 2 aromatic carbocycles. The molecule has 1 fully saturated rings. The first kappa shape index (κ1) is 22.0. The molecule has 1 saturated heterocycles. The van der Waals surface area contributed by atoms with E-state index < -0.39 is 23.7 Å². The predicted octanol–water partition coefficient (Wildman–Crippen LogP) is 4.72. The zero-order valence-electron chi connectivity index (χ0n) is 18.5. The highest BCUT2D eigenvalue weighted by Gasteiger charge is 2.51. The Morgan fingerprint density at radius 1 is 1.12 bits per heavy atom. The van der Waals surface area contributed by atoms with Gasteiger partial charge in [-0.2, -0.15) is 0 Å². The lowest BCUT2D eigenvalue weighted by molar-refractivity contribution is -0.140. The van der Waals surface area contributed by atoms with E-state index in [1.807, 2.05) is 55.6 Å². The Morgan fingerprint density at radius 3 is 2.65 bits per heavy atom. The maximum absolute atomic E-state index is 13.4. The van der Waals surface area contributed by atoms with Gasteiger partial charge in [0, 0.05) is 46.6 Å². The Hall–Kier alpha value is -3.77. The van der Waals surface area contributed by atoms with E-state index in [1.54, 1.807) is 23.2 Å². The lowest BCUT2D eigenvalue weighted by Gasteiger charge is -2.27. The van der Waals surface area contributed by atoms with Crippen LogP contribution in [0.4, 0.5) is 0 Å². The molecule has 1 amide bonds. The summed E-state index contributed by atoms with van der Waals surface area (Å²) in [5.74, 6) is -2.80. The zero-order chi connectivity index (χ0) is 23.8. The number of Topliss-reactive ketones (excluding diaryl/α,β-unsaturated/α-hetero) is 2. The predicted molar refractivity (Wildman–Crippen MR) is 130 cm³/mol. The van der Waals surface area contributed by atoms with Gasteiger partial charge < -0.3 is 9.88 Å². The minimum Gasteiger partial charge on any atom is -0.361 e. The number of H-pyrrole nitrogens is 1. The van der Waals surface area contributed by atoms with Crippen LogP contribution in [-0.4, -0.2) is 38.9 Å². The van der Waals surface area contributed by atoms with Crippen molar-refractivity contribution in [3.8, 4) is 0 Å². The number of likely N-dealkylation sites (tertiary alicyclic amines) is 1. The molecule has 2 aromatic heterocycles. The summed E-state index contributed by atoms with van der Waals surface area (Å²) >= 11 is 6.09. The van der Waals surface area contributed by atoms with E-state index in [-0.39, 0.29) is 5.78 Å². The van der Waals surface area contributed by atoms with Crippen LogP contribution >= 0.6 is 11.6 Å². The molecule has 0 saturated carbocycles. The van der Waals surface area contributed by atoms with Gasteiger partial charge in [0.15, 0.2) is 5.78 Å². The number of halogens is 1. The van der Waals surface area contributed by atoms with Crippen LogP contribution in [0.3, 0.4) is 0 Å². The molecule has 2 atom stereocenters. The summed E-state index contributed by atoms with van der Waals surface area (Å²) in [7, 11) is 0. The third kappa shape index (κ3) is 3.90. The summed E-state index contributed by atoms with van der Waals surface area (Å²) in [6.07, 6.45) is 5.42. The van der Waals surface area contributed by atoms with Crippen LogP contribution in [0.5, 0.6) is 0 Å². The number of rotatable bonds is 6. The molecule has 1 aliphatic heterocycles. The van der Waals surface area contributed by atoms with Crippen molar-refractivity contribution < 1.29 is 14.4 Å². The van der Waals surface area contributed by atoms with Gasteiger partial charge in [0.2, 0.25) is 5.78 Å². The molecule has 3 heterocycles. The number of benzene rings is 2. The minimum atomic E-state index is -1.11. The van der Waals surface area contributed by atoms with Crippen molar-refractivity contribution in [3.05, 3.63) is 100 Å². The van der Waals surface area contributed by atoms with Crippen molar-refractivity contribution in [1.82, 2.24) is 14.9 Å². The van der Waals surface area contributed by atoms with Crippen LogP contribution in [0, 0.1) is 12.8 Å². The number of pyridine rings is 1. The van der Waals surface area contributed by atoms with Crippen LogP contribution < -0.4 is 0 Å². The van der Waals surface area contributed by atoms with E-state index in [0.29, 0.717) is 23.6 Å². The van der Waals surface area contributed by atoms with Crippen molar-refractivity contribution in [2.75, 3.05) is 6.54 Å². The third-order valence-electron chi connectivity index (χ3n) is 6.40. The summed E-state index contributed by atoms with van der Waals surface area (Å²) < 4.78 is 0. The normalized spacial score (nSPS) is 18.1. The first-order valence-corrected chi connectivity index (χ1v) is 11.4. The van der Waals surface area contributed by atoms with Gasteiger partial charge in [0.25, 0.3) is 5.91 Å². The molecule has 0 radical (unpaired) electrons. The Balaban J connectivity index is 1.50. The van der Waals surface area contributed by atoms with Crippen LogP contribution in [0.2, 0.25) is 5.02 Å². The first-order chi connectivity index (χ1) is 16.4. The van der Waals surface area contributed by atoms with Gasteiger partial charge in [0.05, 0.1) is 6.04 Å². The van der Waals surface area contributed by atoms with Crippen molar-refractivity contribution in [3.63, 3.8) is 0 Å². The zero-order valence-corrected chi connectivity index (χ0v) is 19.3. The van der Waals surface area contributed by atoms with Crippen molar-refractivity contribution in [2.24, 2.45) is 5.92 Å². The minimum absolute atomic E-state index is 0.301. The number of carbonyl (C=O) groups excluding carboxylic acids is 3. The molecular formula is C27H22ClN3O3. The second-order valence-corrected chi connectivity index (χ2v) is 8.99. The third-order valence-corrected chi connectivity index (χ3v) is 6.64. The van der Waals surface area contributed by atoms with Crippen molar-refractivity contribution >= 4 is 40.0 Å². The van der Waals surface area contributed by atoms with Gasteiger partial charge in [-0.15, -0.1) is 0 Å². The standard InChI is InChI=1S/C27H22ClN3O3/c1-16-4-6-17(7-5-16)24-23(25(32)19-3-2-11-29-14-19)26(33)27(34)31(24)12-10-18-15-30-22-13-20(28)8-9-21(18)22/h2-9,11,13-15,23-24,30H,10,12H2,1H3. The lowest BCUT2D eigenvalue weighted by atomic mass is 9.86. The molecule has 5 rings (SSSR count). The van der Waals surface area contributed by atoms with Crippen LogP contribution in [0.25, 0.3) is 10.9 Å². The number of aromatic amines is 1. The molecular weight excluding hydrogens is 450 g/mol. The molecule has 1 aliphatic rings. The molecule has 34 heavy (non-hydrogen) atoms. The number of fused-ring (bicyclic) bond motifs is 1. The van der Waals surface area contributed by atoms with Crippen LogP contribution in [-0.2, 0) is 16.0 Å². The smallest absolute Gasteiger partial charge is 0.291 e. The van der Waals surface area contributed by atoms with Crippen LogP contribution in [0.1, 0.15) is 33.1 Å². The van der Waals surface area contributed by atoms with Crippen molar-refractivity contribution in [2.45, 2.75) is 19.4 Å². The number of carbonyl (C=O) groups is 3. The van der Waals surface area contributed by atoms with Gasteiger partial charge in [-0.1, -0.05) is 47.5 Å². The highest BCUT2D eigenvalue weighted by Crippen LogP contribution is 2.38. The fourth-order valence-electron chi connectivity index (χ4n) is 4.66. The highest BCUT2D eigenvalue weighted by molar-refractivity contribution is 6.44. The first-order valence-electron chi connectivity index (χ1n) is 11.0. The average Bonchev–Trinajstić information content (AvgIpc) is 3.36. The highest BCUT2D eigenvalue weighted by atomic mass is 35.5. The molecule has 0 aliphatic carbocycles. The van der Waals surface area contributed by atoms with Crippen LogP contribution in [0.15, 0.2) is 73.2 Å². The fraction of sp³-hybridized carbons (Fsp3) is 0.185. The summed E-state index contributed by atoms with van der Waals surface area (Å²) in [5.41, 5.74) is 4.06. The van der Waals surface area contributed by atoms with Gasteiger partial charge in [-0.3, -0.25) is 19.4 Å². The van der Waals surface area contributed by atoms with Gasteiger partial charge in [-0.05, 0) is 48.7 Å². The van der Waals surface area contributed by atoms with E-state index in [9.17, 15) is 14.4 Å². The van der Waals surface area contributed by atoms with E-state index in [4.69, 9.17) is 11.6 Å². The average molecular weight is 472 g/mol. The van der Waals surface area contributed by atoms with Gasteiger partial charge in [-0.25, -0.2) is 0 Å². The number of aromatic nitrogens is 2. The van der Waals surface area contributed by atoms with E-state index >= 15 is 0 Å². The molecule has 7 heteroatoms. The quantitative estimate of drug-likeness (QED) is 0.250. The molecule has 1 N–H and O–H groups in total. The monoisotopic (exact) mass is 471 g/mol. The summed E-state index contributed by atoms with van der Waals surface area (Å²) in [6, 6.07) is 15.8. The maximum atomic E-state index is 13.4. The van der Waals surface area contributed by atoms with Crippen molar-refractivity contribution in [1.29, 1.82) is 0 Å². The number of hydrogen-bond acceptors (Lipinski definition) is 4. The Bertz CT molecular complexity index is 1400. The largest absolute Gasteiger partial charge is 0.361 e. The number of nitrogens with zero attached hydrogens (tertiary/aromatic N) is 2. The summed E-state index contributed by atoms with van der Waals surface area (Å²) in [6.45, 7) is 2.27.